The molecule has 0 aliphatic heterocycles. The van der Waals surface area contributed by atoms with E-state index in [0.29, 0.717) is 10.9 Å². The molecule has 0 atom stereocenters. The van der Waals surface area contributed by atoms with Crippen molar-refractivity contribution in [3.63, 3.8) is 0 Å². The Balaban J connectivity index is 2.84. The number of aromatic nitrogens is 1. The first-order valence-corrected chi connectivity index (χ1v) is 3.99. The molecular weight excluding hydrogens is 182 g/mol. The van der Waals surface area contributed by atoms with Crippen molar-refractivity contribution in [2.45, 2.75) is 0 Å². The molecule has 0 bridgehead atoms. The molecule has 70 valence electrons. The fraction of sp³-hybridized carbons (Fsp3) is 0. The number of benzene rings is 1. The lowest BCUT2D eigenvalue weighted by molar-refractivity contribution is 0.0699. The van der Waals surface area contributed by atoms with E-state index in [1.807, 2.05) is 0 Å². The number of rotatable bonds is 1. The van der Waals surface area contributed by atoms with Gasteiger partial charge >= 0.3 is 5.97 Å². The molecule has 0 saturated carbocycles. The molecule has 1 heterocycles. The minimum atomic E-state index is -1.02. The van der Waals surface area contributed by atoms with Crippen LogP contribution >= 0.6 is 0 Å². The van der Waals surface area contributed by atoms with Crippen molar-refractivity contribution in [1.82, 2.24) is 4.98 Å². The van der Waals surface area contributed by atoms with Crippen molar-refractivity contribution in [2.24, 2.45) is 0 Å². The number of aromatic hydroxyl groups is 1. The fourth-order valence-corrected chi connectivity index (χ4v) is 1.32. The number of hydrogen-bond acceptors (Lipinski definition) is 3. The van der Waals surface area contributed by atoms with Crippen LogP contribution in [0.3, 0.4) is 0 Å². The third-order valence-electron chi connectivity index (χ3n) is 1.94. The van der Waals surface area contributed by atoms with Crippen molar-refractivity contribution >= 4 is 16.9 Å². The van der Waals surface area contributed by atoms with E-state index in [4.69, 9.17) is 5.11 Å². The summed E-state index contributed by atoms with van der Waals surface area (Å²) in [4.78, 5) is 14.7. The van der Waals surface area contributed by atoms with Crippen LogP contribution in [0, 0.1) is 0 Å². The summed E-state index contributed by atoms with van der Waals surface area (Å²) in [5.74, 6) is -1.06. The predicted molar refractivity (Wildman–Crippen MR) is 50.4 cm³/mol. The van der Waals surface area contributed by atoms with Crippen molar-refractivity contribution < 1.29 is 15.0 Å². The summed E-state index contributed by atoms with van der Waals surface area (Å²) in [5.41, 5.74) is 0.702. The molecule has 2 aromatic rings. The topological polar surface area (TPSA) is 70.4 Å². The van der Waals surface area contributed by atoms with Crippen molar-refractivity contribution in [2.75, 3.05) is 0 Å². The molecule has 4 heteroatoms. The Labute approximate surface area is 79.4 Å². The molecule has 1 aromatic heterocycles. The van der Waals surface area contributed by atoms with Crippen molar-refractivity contribution in [1.29, 1.82) is 0 Å². The van der Waals surface area contributed by atoms with Crippen LogP contribution < -0.4 is 0 Å². The Morgan fingerprint density at radius 1 is 1.36 bits per heavy atom. The molecule has 0 spiro atoms. The lowest BCUT2D eigenvalue weighted by Crippen LogP contribution is -1.97. The molecule has 0 unspecified atom stereocenters. The Morgan fingerprint density at radius 2 is 2.14 bits per heavy atom. The molecule has 4 nitrogen and oxygen atoms in total. The zero-order chi connectivity index (χ0) is 10.1. The van der Waals surface area contributed by atoms with Gasteiger partial charge in [0.25, 0.3) is 0 Å². The predicted octanol–water partition coefficient (Wildman–Crippen LogP) is 1.64. The maximum Gasteiger partial charge on any atom is 0.336 e. The standard InChI is InChI=1S/C10H7NO3/c12-6-4-8-7(10(13)14)2-1-3-9(8)11-5-6/h1-5,12H,(H,13,14). The molecule has 0 aliphatic rings. The average Bonchev–Trinajstić information content (AvgIpc) is 2.16. The number of carboxylic acid groups (broad SMARTS) is 1. The summed E-state index contributed by atoms with van der Waals surface area (Å²) in [6, 6.07) is 6.19. The summed E-state index contributed by atoms with van der Waals surface area (Å²) in [7, 11) is 0. The number of hydrogen-bond donors (Lipinski definition) is 2. The van der Waals surface area contributed by atoms with Crippen LogP contribution in [0.2, 0.25) is 0 Å². The van der Waals surface area contributed by atoms with E-state index in [0.717, 1.165) is 0 Å². The Bertz CT molecular complexity index is 508. The molecule has 0 saturated heterocycles. The summed E-state index contributed by atoms with van der Waals surface area (Å²) in [6.07, 6.45) is 1.29. The monoisotopic (exact) mass is 189 g/mol. The molecule has 1 aromatic carbocycles. The highest BCUT2D eigenvalue weighted by atomic mass is 16.4. The van der Waals surface area contributed by atoms with Gasteiger partial charge in [-0.1, -0.05) is 6.07 Å². The van der Waals surface area contributed by atoms with Crippen LogP contribution in [-0.4, -0.2) is 21.2 Å². The third-order valence-corrected chi connectivity index (χ3v) is 1.94. The zero-order valence-electron chi connectivity index (χ0n) is 7.14. The van der Waals surface area contributed by atoms with Gasteiger partial charge in [-0.25, -0.2) is 4.79 Å². The highest BCUT2D eigenvalue weighted by Gasteiger charge is 2.08. The van der Waals surface area contributed by atoms with Gasteiger partial charge in [0.1, 0.15) is 5.75 Å². The van der Waals surface area contributed by atoms with E-state index < -0.39 is 5.97 Å². The Morgan fingerprint density at radius 3 is 2.86 bits per heavy atom. The molecule has 0 aliphatic carbocycles. The first kappa shape index (κ1) is 8.50. The van der Waals surface area contributed by atoms with Crippen LogP contribution in [0.1, 0.15) is 10.4 Å². The largest absolute Gasteiger partial charge is 0.506 e. The molecule has 0 radical (unpaired) electrons. The number of nitrogens with zero attached hydrogens (tertiary/aromatic N) is 1. The van der Waals surface area contributed by atoms with E-state index in [1.54, 1.807) is 12.1 Å². The second-order valence-corrected chi connectivity index (χ2v) is 2.87. The SMILES string of the molecule is O=C(O)c1cccc2ncc(O)cc12. The maximum atomic E-state index is 10.8. The number of carboxylic acids is 1. The third kappa shape index (κ3) is 1.26. The zero-order valence-corrected chi connectivity index (χ0v) is 7.14. The minimum Gasteiger partial charge on any atom is -0.506 e. The van der Waals surface area contributed by atoms with E-state index in [2.05, 4.69) is 4.98 Å². The van der Waals surface area contributed by atoms with E-state index in [9.17, 15) is 9.90 Å². The molecule has 0 amide bonds. The van der Waals surface area contributed by atoms with Gasteiger partial charge in [0.05, 0.1) is 17.3 Å². The maximum absolute atomic E-state index is 10.8. The van der Waals surface area contributed by atoms with E-state index in [1.165, 1.54) is 18.3 Å². The van der Waals surface area contributed by atoms with Gasteiger partial charge in [0.2, 0.25) is 0 Å². The van der Waals surface area contributed by atoms with Crippen molar-refractivity contribution in [3.8, 4) is 5.75 Å². The lowest BCUT2D eigenvalue weighted by Gasteiger charge is -2.01. The summed E-state index contributed by atoms with van der Waals surface area (Å²) >= 11 is 0. The van der Waals surface area contributed by atoms with Gasteiger partial charge < -0.3 is 10.2 Å². The number of aromatic carboxylic acids is 1. The van der Waals surface area contributed by atoms with Gasteiger partial charge in [-0.3, -0.25) is 4.98 Å². The smallest absolute Gasteiger partial charge is 0.336 e. The normalized spacial score (nSPS) is 10.3. The molecule has 2 rings (SSSR count). The highest BCUT2D eigenvalue weighted by Crippen LogP contribution is 2.20. The first-order valence-electron chi connectivity index (χ1n) is 3.99. The number of pyridine rings is 1. The second kappa shape index (κ2) is 2.99. The van der Waals surface area contributed by atoms with Crippen LogP contribution in [0.25, 0.3) is 10.9 Å². The number of carbonyl (C=O) groups is 1. The second-order valence-electron chi connectivity index (χ2n) is 2.87. The first-order chi connectivity index (χ1) is 6.68. The molecule has 14 heavy (non-hydrogen) atoms. The summed E-state index contributed by atoms with van der Waals surface area (Å²) < 4.78 is 0. The van der Waals surface area contributed by atoms with Crippen LogP contribution in [-0.2, 0) is 0 Å². The average molecular weight is 189 g/mol. The van der Waals surface area contributed by atoms with Gasteiger partial charge in [0, 0.05) is 5.39 Å². The van der Waals surface area contributed by atoms with Gasteiger partial charge in [-0.2, -0.15) is 0 Å². The van der Waals surface area contributed by atoms with E-state index >= 15 is 0 Å². The summed E-state index contributed by atoms with van der Waals surface area (Å²) in [5, 5.41) is 18.5. The number of fused-ring (bicyclic) bond motifs is 1. The Kier molecular flexibility index (Phi) is 1.81. The van der Waals surface area contributed by atoms with Gasteiger partial charge in [0.15, 0.2) is 0 Å². The highest BCUT2D eigenvalue weighted by molar-refractivity contribution is 6.02. The lowest BCUT2D eigenvalue weighted by atomic mass is 10.1. The van der Waals surface area contributed by atoms with E-state index in [-0.39, 0.29) is 11.3 Å². The Hall–Kier alpha value is -2.10. The van der Waals surface area contributed by atoms with Crippen LogP contribution in [0.15, 0.2) is 30.5 Å². The van der Waals surface area contributed by atoms with Crippen LogP contribution in [0.5, 0.6) is 5.75 Å². The fourth-order valence-electron chi connectivity index (χ4n) is 1.32. The van der Waals surface area contributed by atoms with Gasteiger partial charge in [-0.05, 0) is 18.2 Å². The van der Waals surface area contributed by atoms with Gasteiger partial charge in [-0.15, -0.1) is 0 Å². The molecular formula is C10H7NO3. The molecule has 0 fully saturated rings. The van der Waals surface area contributed by atoms with Crippen molar-refractivity contribution in [3.05, 3.63) is 36.0 Å². The molecule has 2 N–H and O–H groups in total. The quantitative estimate of drug-likeness (QED) is 0.715. The minimum absolute atomic E-state index is 0.0359. The summed E-state index contributed by atoms with van der Waals surface area (Å²) in [6.45, 7) is 0. The van der Waals surface area contributed by atoms with Crippen LogP contribution in [0.4, 0.5) is 0 Å².